The van der Waals surface area contributed by atoms with E-state index in [0.29, 0.717) is 0 Å². The third kappa shape index (κ3) is 0.927. The molecule has 0 aromatic heterocycles. The number of carbonyl (C=O) groups excluding carboxylic acids is 1. The number of nitrogens with zero attached hydrogens (tertiary/aromatic N) is 2. The molecule has 0 atom stereocenters. The lowest BCUT2D eigenvalue weighted by atomic mass is 9.85. The maximum Gasteiger partial charge on any atom is 0.350 e. The summed E-state index contributed by atoms with van der Waals surface area (Å²) >= 11 is 11.6. The van der Waals surface area contributed by atoms with Gasteiger partial charge in [0.2, 0.25) is 0 Å². The number of rotatable bonds is 0. The summed E-state index contributed by atoms with van der Waals surface area (Å²) in [5.41, 5.74) is -0.930. The van der Waals surface area contributed by atoms with Gasteiger partial charge in [0.25, 0.3) is 0 Å². The summed E-state index contributed by atoms with van der Waals surface area (Å²) in [6, 6.07) is -0.367. The van der Waals surface area contributed by atoms with Gasteiger partial charge in [0.05, 0.1) is 11.1 Å². The van der Waals surface area contributed by atoms with Crippen molar-refractivity contribution in [1.29, 1.82) is 0 Å². The molecular weight excluding hydrogens is 199 g/mol. The van der Waals surface area contributed by atoms with Crippen LogP contribution < -0.4 is 0 Å². The fourth-order valence-electron chi connectivity index (χ4n) is 1.04. The molecule has 1 rings (SSSR count). The van der Waals surface area contributed by atoms with Crippen molar-refractivity contribution in [2.24, 2.45) is 0 Å². The minimum absolute atomic E-state index is 0.367. The van der Waals surface area contributed by atoms with E-state index in [0.717, 1.165) is 8.84 Å². The van der Waals surface area contributed by atoms with Gasteiger partial charge in [0.1, 0.15) is 0 Å². The van der Waals surface area contributed by atoms with E-state index in [-0.39, 0.29) is 6.03 Å². The largest absolute Gasteiger partial charge is 0.350 e. The molecule has 1 aliphatic rings. The quantitative estimate of drug-likeness (QED) is 0.565. The summed E-state index contributed by atoms with van der Waals surface area (Å²) < 4.78 is 2.28. The highest BCUT2D eigenvalue weighted by Gasteiger charge is 2.57. The predicted molar refractivity (Wildman–Crippen MR) is 48.9 cm³/mol. The molecule has 0 aromatic rings. The zero-order valence-electron chi connectivity index (χ0n) is 7.56. The van der Waals surface area contributed by atoms with Crippen molar-refractivity contribution in [2.45, 2.75) is 38.8 Å². The van der Waals surface area contributed by atoms with Crippen LogP contribution in [0.1, 0.15) is 27.7 Å². The molecule has 0 spiro atoms. The molecule has 70 valence electrons. The molecular formula is C7H12Cl2N2O. The number of hydrogen-bond acceptors (Lipinski definition) is 1. The van der Waals surface area contributed by atoms with Gasteiger partial charge in [-0.1, -0.05) is 0 Å². The van der Waals surface area contributed by atoms with E-state index in [9.17, 15) is 4.79 Å². The van der Waals surface area contributed by atoms with Crippen LogP contribution in [-0.4, -0.2) is 25.9 Å². The molecule has 3 nitrogen and oxygen atoms in total. The minimum atomic E-state index is -0.465. The number of hydrogen-bond donors (Lipinski definition) is 0. The van der Waals surface area contributed by atoms with Crippen molar-refractivity contribution >= 4 is 29.6 Å². The molecule has 5 heteroatoms. The second-order valence-electron chi connectivity index (χ2n) is 3.96. The number of urea groups is 1. The van der Waals surface area contributed by atoms with Crippen molar-refractivity contribution in [3.8, 4) is 0 Å². The normalized spacial score (nSPS) is 26.7. The molecule has 1 heterocycles. The molecule has 12 heavy (non-hydrogen) atoms. The van der Waals surface area contributed by atoms with Crippen LogP contribution in [0.15, 0.2) is 0 Å². The molecule has 0 N–H and O–H groups in total. The van der Waals surface area contributed by atoms with Crippen LogP contribution >= 0.6 is 23.6 Å². The van der Waals surface area contributed by atoms with E-state index >= 15 is 0 Å². The highest BCUT2D eigenvalue weighted by Crippen LogP contribution is 2.43. The van der Waals surface area contributed by atoms with Crippen molar-refractivity contribution < 1.29 is 4.79 Å². The van der Waals surface area contributed by atoms with Crippen LogP contribution in [-0.2, 0) is 0 Å². The van der Waals surface area contributed by atoms with Gasteiger partial charge in [-0.05, 0) is 27.7 Å². The molecule has 0 radical (unpaired) electrons. The van der Waals surface area contributed by atoms with E-state index in [1.807, 2.05) is 27.7 Å². The Bertz CT molecular complexity index is 205. The fraction of sp³-hybridized carbons (Fsp3) is 0.857. The molecule has 1 saturated heterocycles. The van der Waals surface area contributed by atoms with Crippen LogP contribution in [0.4, 0.5) is 4.79 Å². The van der Waals surface area contributed by atoms with E-state index in [1.54, 1.807) is 0 Å². The Morgan fingerprint density at radius 1 is 1.00 bits per heavy atom. The van der Waals surface area contributed by atoms with Gasteiger partial charge in [-0.25, -0.2) is 13.6 Å². The first-order valence-corrected chi connectivity index (χ1v) is 4.36. The molecule has 1 fully saturated rings. The monoisotopic (exact) mass is 210 g/mol. The van der Waals surface area contributed by atoms with Crippen LogP contribution in [0, 0.1) is 0 Å². The Morgan fingerprint density at radius 3 is 1.33 bits per heavy atom. The third-order valence-corrected chi connectivity index (χ3v) is 3.95. The Hall–Kier alpha value is -0.150. The highest BCUT2D eigenvalue weighted by molar-refractivity contribution is 6.29. The van der Waals surface area contributed by atoms with Gasteiger partial charge in [-0.2, -0.15) is 0 Å². The highest BCUT2D eigenvalue weighted by atomic mass is 35.5. The zero-order valence-corrected chi connectivity index (χ0v) is 9.07. The average Bonchev–Trinajstić information content (AvgIpc) is 2.05. The van der Waals surface area contributed by atoms with Crippen LogP contribution in [0.3, 0.4) is 0 Å². The van der Waals surface area contributed by atoms with Gasteiger partial charge >= 0.3 is 6.03 Å². The second kappa shape index (κ2) is 2.42. The Morgan fingerprint density at radius 2 is 1.25 bits per heavy atom. The van der Waals surface area contributed by atoms with Crippen molar-refractivity contribution in [3.05, 3.63) is 0 Å². The van der Waals surface area contributed by atoms with Crippen molar-refractivity contribution in [2.75, 3.05) is 0 Å². The van der Waals surface area contributed by atoms with Crippen LogP contribution in [0.25, 0.3) is 0 Å². The number of carbonyl (C=O) groups is 1. The maximum atomic E-state index is 11.3. The van der Waals surface area contributed by atoms with Crippen LogP contribution in [0.5, 0.6) is 0 Å². The predicted octanol–water partition coefficient (Wildman–Crippen LogP) is 2.59. The smallest absolute Gasteiger partial charge is 0.246 e. The summed E-state index contributed by atoms with van der Waals surface area (Å²) in [6.45, 7) is 7.50. The van der Waals surface area contributed by atoms with Gasteiger partial charge in [0.15, 0.2) is 0 Å². The molecule has 0 aromatic carbocycles. The summed E-state index contributed by atoms with van der Waals surface area (Å²) in [5.74, 6) is 0. The lowest BCUT2D eigenvalue weighted by molar-refractivity contribution is 0.190. The Labute approximate surface area is 82.4 Å². The summed E-state index contributed by atoms with van der Waals surface area (Å²) in [4.78, 5) is 11.3. The molecule has 0 unspecified atom stereocenters. The Balaban J connectivity index is 3.14. The Kier molecular flexibility index (Phi) is 2.00. The lowest BCUT2D eigenvalue weighted by Gasteiger charge is -2.36. The molecule has 0 bridgehead atoms. The van der Waals surface area contributed by atoms with Gasteiger partial charge in [0, 0.05) is 23.6 Å². The minimum Gasteiger partial charge on any atom is -0.246 e. The van der Waals surface area contributed by atoms with Gasteiger partial charge in [-0.15, -0.1) is 0 Å². The van der Waals surface area contributed by atoms with E-state index in [1.165, 1.54) is 0 Å². The van der Waals surface area contributed by atoms with Crippen molar-refractivity contribution in [1.82, 2.24) is 8.84 Å². The van der Waals surface area contributed by atoms with E-state index in [2.05, 4.69) is 0 Å². The standard InChI is InChI=1S/C7H12Cl2N2O/c1-6(2)7(3,4)11(9)5(12)10(6)8/h1-4H3. The molecule has 0 aliphatic carbocycles. The van der Waals surface area contributed by atoms with Gasteiger partial charge < -0.3 is 0 Å². The topological polar surface area (TPSA) is 23.6 Å². The fourth-order valence-corrected chi connectivity index (χ4v) is 1.64. The lowest BCUT2D eigenvalue weighted by Crippen LogP contribution is -2.50. The second-order valence-corrected chi connectivity index (χ2v) is 4.64. The first-order chi connectivity index (χ1) is 5.23. The van der Waals surface area contributed by atoms with E-state index in [4.69, 9.17) is 23.6 Å². The number of amides is 2. The first-order valence-electron chi connectivity index (χ1n) is 3.69. The van der Waals surface area contributed by atoms with Gasteiger partial charge in [-0.3, -0.25) is 0 Å². The first kappa shape index (κ1) is 9.93. The van der Waals surface area contributed by atoms with Crippen molar-refractivity contribution in [3.63, 3.8) is 0 Å². The summed E-state index contributed by atoms with van der Waals surface area (Å²) in [7, 11) is 0. The summed E-state index contributed by atoms with van der Waals surface area (Å²) in [6.07, 6.45) is 0. The zero-order chi connectivity index (χ0) is 9.73. The SMILES string of the molecule is CC1(C)N(Cl)C(=O)N(Cl)C1(C)C. The average molecular weight is 211 g/mol. The van der Waals surface area contributed by atoms with Crippen LogP contribution in [0.2, 0.25) is 0 Å². The molecule has 1 aliphatic heterocycles. The number of halogens is 2. The molecule has 2 amide bonds. The van der Waals surface area contributed by atoms with E-state index < -0.39 is 11.1 Å². The summed E-state index contributed by atoms with van der Waals surface area (Å²) in [5, 5.41) is 0. The maximum absolute atomic E-state index is 11.3. The molecule has 0 saturated carbocycles. The third-order valence-electron chi connectivity index (χ3n) is 2.81.